The third-order valence-corrected chi connectivity index (χ3v) is 3.70. The predicted octanol–water partition coefficient (Wildman–Crippen LogP) is 0.136. The number of hydrogen-bond acceptors (Lipinski definition) is 6. The first-order chi connectivity index (χ1) is 12.1. The summed E-state index contributed by atoms with van der Waals surface area (Å²) in [5.41, 5.74) is 0.0467. The van der Waals surface area contributed by atoms with E-state index in [9.17, 15) is 24.3 Å². The van der Waals surface area contributed by atoms with E-state index in [1.54, 1.807) is 6.07 Å². The molecule has 1 aromatic carbocycles. The summed E-state index contributed by atoms with van der Waals surface area (Å²) in [7, 11) is 0. The molecule has 0 heterocycles. The molecule has 142 valence electrons. The number of benzene rings is 1. The molecule has 1 unspecified atom stereocenters. The van der Waals surface area contributed by atoms with E-state index in [0.29, 0.717) is 0 Å². The molecule has 0 bridgehead atoms. The minimum Gasteiger partial charge on any atom is -0.480 e. The number of para-hydroxylation sites is 1. The Morgan fingerprint density at radius 2 is 1.50 bits per heavy atom. The molecule has 0 saturated heterocycles. The van der Waals surface area contributed by atoms with Crippen LogP contribution in [0.1, 0.15) is 17.3 Å². The molecule has 0 aliphatic heterocycles. The van der Waals surface area contributed by atoms with Crippen molar-refractivity contribution in [2.24, 2.45) is 0 Å². The first-order valence-electron chi connectivity index (χ1n) is 7.61. The Labute approximate surface area is 148 Å². The summed E-state index contributed by atoms with van der Waals surface area (Å²) < 4.78 is 0. The number of aliphatic carboxylic acids is 3. The molecular formula is C16H20N2O8. The molecule has 0 aliphatic rings. The van der Waals surface area contributed by atoms with E-state index in [1.165, 1.54) is 30.0 Å². The van der Waals surface area contributed by atoms with Gasteiger partial charge in [0.15, 0.2) is 0 Å². The van der Waals surface area contributed by atoms with Gasteiger partial charge in [-0.05, 0) is 19.1 Å². The number of carboxylic acid groups (broad SMARTS) is 4. The summed E-state index contributed by atoms with van der Waals surface area (Å²) in [6.07, 6.45) is 0. The van der Waals surface area contributed by atoms with Gasteiger partial charge in [0.2, 0.25) is 0 Å². The lowest BCUT2D eigenvalue weighted by atomic mass is 10.1. The van der Waals surface area contributed by atoms with Gasteiger partial charge in [-0.25, -0.2) is 4.79 Å². The van der Waals surface area contributed by atoms with Crippen LogP contribution in [0.15, 0.2) is 24.3 Å². The summed E-state index contributed by atoms with van der Waals surface area (Å²) in [6.45, 7) is 0.0993. The maximum atomic E-state index is 11.4. The summed E-state index contributed by atoms with van der Waals surface area (Å²) in [4.78, 5) is 47.0. The third-order valence-electron chi connectivity index (χ3n) is 3.70. The fraction of sp³-hybridized carbons (Fsp3) is 0.375. The third kappa shape index (κ3) is 6.06. The molecule has 1 rings (SSSR count). The number of anilines is 1. The maximum absolute atomic E-state index is 11.4. The minimum atomic E-state index is -1.24. The van der Waals surface area contributed by atoms with Crippen LogP contribution in [0, 0.1) is 0 Å². The van der Waals surface area contributed by atoms with Crippen LogP contribution >= 0.6 is 0 Å². The van der Waals surface area contributed by atoms with Crippen LogP contribution in [0.4, 0.5) is 5.69 Å². The number of carboxylic acids is 4. The molecule has 4 N–H and O–H groups in total. The van der Waals surface area contributed by atoms with Gasteiger partial charge in [0.05, 0.1) is 17.8 Å². The summed E-state index contributed by atoms with van der Waals surface area (Å²) in [5.74, 6) is -4.89. The summed E-state index contributed by atoms with van der Waals surface area (Å²) >= 11 is 0. The van der Waals surface area contributed by atoms with E-state index < -0.39 is 43.0 Å². The van der Waals surface area contributed by atoms with Crippen molar-refractivity contribution in [2.45, 2.75) is 13.0 Å². The highest BCUT2D eigenvalue weighted by atomic mass is 16.4. The number of rotatable bonds is 11. The quantitative estimate of drug-likeness (QED) is 0.423. The van der Waals surface area contributed by atoms with E-state index in [4.69, 9.17) is 15.3 Å². The van der Waals surface area contributed by atoms with Crippen molar-refractivity contribution < 1.29 is 39.6 Å². The predicted molar refractivity (Wildman–Crippen MR) is 89.6 cm³/mol. The first kappa shape index (κ1) is 20.9. The molecule has 0 aromatic heterocycles. The molecule has 26 heavy (non-hydrogen) atoms. The first-order valence-corrected chi connectivity index (χ1v) is 7.61. The molecule has 10 heteroatoms. The van der Waals surface area contributed by atoms with E-state index in [1.807, 2.05) is 0 Å². The van der Waals surface area contributed by atoms with Crippen molar-refractivity contribution in [2.75, 3.05) is 31.1 Å². The molecule has 0 spiro atoms. The Morgan fingerprint density at radius 1 is 0.923 bits per heavy atom. The zero-order chi connectivity index (χ0) is 19.9. The highest BCUT2D eigenvalue weighted by Crippen LogP contribution is 2.20. The molecule has 0 saturated carbocycles. The van der Waals surface area contributed by atoms with Crippen LogP contribution in [-0.4, -0.2) is 81.4 Å². The fourth-order valence-corrected chi connectivity index (χ4v) is 2.37. The smallest absolute Gasteiger partial charge is 0.337 e. The number of carbonyl (C=O) groups is 4. The lowest BCUT2D eigenvalue weighted by Gasteiger charge is -2.30. The Bertz CT molecular complexity index is 691. The van der Waals surface area contributed by atoms with Crippen molar-refractivity contribution in [3.8, 4) is 0 Å². The molecule has 0 fully saturated rings. The maximum Gasteiger partial charge on any atom is 0.337 e. The topological polar surface area (TPSA) is 156 Å². The Balaban J connectivity index is 3.07. The molecule has 1 atom stereocenters. The van der Waals surface area contributed by atoms with Crippen LogP contribution in [-0.2, 0) is 14.4 Å². The van der Waals surface area contributed by atoms with Crippen molar-refractivity contribution >= 4 is 29.6 Å². The average Bonchev–Trinajstić information content (AvgIpc) is 2.55. The lowest BCUT2D eigenvalue weighted by Crippen LogP contribution is -2.46. The van der Waals surface area contributed by atoms with Crippen molar-refractivity contribution in [1.82, 2.24) is 4.90 Å². The summed E-state index contributed by atoms with van der Waals surface area (Å²) in [5, 5.41) is 36.4. The van der Waals surface area contributed by atoms with E-state index >= 15 is 0 Å². The van der Waals surface area contributed by atoms with Gasteiger partial charge in [0.25, 0.3) is 0 Å². The average molecular weight is 368 g/mol. The van der Waals surface area contributed by atoms with Gasteiger partial charge < -0.3 is 25.3 Å². The van der Waals surface area contributed by atoms with Gasteiger partial charge >= 0.3 is 23.9 Å². The minimum absolute atomic E-state index is 0.0680. The fourth-order valence-electron chi connectivity index (χ4n) is 2.37. The van der Waals surface area contributed by atoms with Crippen LogP contribution in [0.2, 0.25) is 0 Å². The lowest BCUT2D eigenvalue weighted by molar-refractivity contribution is -0.145. The van der Waals surface area contributed by atoms with Crippen molar-refractivity contribution in [3.05, 3.63) is 29.8 Å². The number of aromatic carboxylic acids is 1. The van der Waals surface area contributed by atoms with Gasteiger partial charge in [0.1, 0.15) is 12.6 Å². The zero-order valence-electron chi connectivity index (χ0n) is 14.0. The second-order valence-corrected chi connectivity index (χ2v) is 5.52. The van der Waals surface area contributed by atoms with Gasteiger partial charge in [-0.1, -0.05) is 12.1 Å². The second kappa shape index (κ2) is 9.37. The van der Waals surface area contributed by atoms with Crippen LogP contribution in [0.5, 0.6) is 0 Å². The van der Waals surface area contributed by atoms with E-state index in [-0.39, 0.29) is 24.3 Å². The molecule has 10 nitrogen and oxygen atoms in total. The van der Waals surface area contributed by atoms with Gasteiger partial charge in [-0.15, -0.1) is 0 Å². The van der Waals surface area contributed by atoms with Crippen LogP contribution < -0.4 is 4.90 Å². The van der Waals surface area contributed by atoms with E-state index in [0.717, 1.165) is 4.90 Å². The van der Waals surface area contributed by atoms with Crippen LogP contribution in [0.25, 0.3) is 0 Å². The van der Waals surface area contributed by atoms with Gasteiger partial charge in [0, 0.05) is 13.1 Å². The zero-order valence-corrected chi connectivity index (χ0v) is 14.0. The highest BCUT2D eigenvalue weighted by molar-refractivity contribution is 5.95. The standard InChI is InChI=1S/C16H20N2O8/c1-10(15(23)24)17(8-13(19)20)6-7-18(9-14(21)22)12-5-3-2-4-11(12)16(25)26/h2-5,10H,6-9H2,1H3,(H,19,20)(H,21,22)(H,23,24)(H,25,26). The SMILES string of the molecule is CC(C(=O)O)N(CCN(CC(=O)O)c1ccccc1C(=O)O)CC(=O)O. The van der Waals surface area contributed by atoms with Crippen molar-refractivity contribution in [3.63, 3.8) is 0 Å². The van der Waals surface area contributed by atoms with Gasteiger partial charge in [-0.2, -0.15) is 0 Å². The largest absolute Gasteiger partial charge is 0.480 e. The molecule has 0 amide bonds. The summed E-state index contributed by atoms with van der Waals surface area (Å²) in [6, 6.07) is 4.70. The second-order valence-electron chi connectivity index (χ2n) is 5.52. The Kier molecular flexibility index (Phi) is 7.53. The monoisotopic (exact) mass is 368 g/mol. The highest BCUT2D eigenvalue weighted by Gasteiger charge is 2.25. The molecule has 0 radical (unpaired) electrons. The Morgan fingerprint density at radius 3 is 2.00 bits per heavy atom. The normalized spacial score (nSPS) is 11.8. The van der Waals surface area contributed by atoms with E-state index in [2.05, 4.69) is 0 Å². The van der Waals surface area contributed by atoms with Gasteiger partial charge in [-0.3, -0.25) is 19.3 Å². The number of nitrogens with zero attached hydrogens (tertiary/aromatic N) is 2. The number of hydrogen-bond donors (Lipinski definition) is 4. The molecular weight excluding hydrogens is 348 g/mol. The Hall–Kier alpha value is -3.14. The van der Waals surface area contributed by atoms with Crippen LogP contribution in [0.3, 0.4) is 0 Å². The molecule has 1 aromatic rings. The van der Waals surface area contributed by atoms with Crippen molar-refractivity contribution in [1.29, 1.82) is 0 Å². The molecule has 0 aliphatic carbocycles.